The molecule has 1 aliphatic heterocycles. The number of hydrogen-bond donors (Lipinski definition) is 2. The number of nitrogens with one attached hydrogen (secondary N) is 1. The first-order chi connectivity index (χ1) is 9.16. The van der Waals surface area contributed by atoms with E-state index in [-0.39, 0.29) is 6.04 Å². The molecule has 0 saturated carbocycles. The quantitative estimate of drug-likeness (QED) is 0.868. The van der Waals surface area contributed by atoms with Gasteiger partial charge in [-0.2, -0.15) is 0 Å². The number of aliphatic hydroxyl groups excluding tert-OH is 1. The van der Waals surface area contributed by atoms with Crippen molar-refractivity contribution in [2.24, 2.45) is 7.05 Å². The van der Waals surface area contributed by atoms with E-state index in [0.29, 0.717) is 0 Å². The van der Waals surface area contributed by atoms with Gasteiger partial charge in [-0.15, -0.1) is 0 Å². The molecule has 19 heavy (non-hydrogen) atoms. The molecule has 0 spiro atoms. The van der Waals surface area contributed by atoms with Gasteiger partial charge < -0.3 is 15.0 Å². The number of aromatic nitrogens is 2. The standard InChI is InChI=1S/C15H21N3O/c1-10-17-13-9-11(6-7-14(13)18(10)2)15(19)12-5-3-4-8-16-12/h6-7,9,12,15-16,19H,3-5,8H2,1-2H3. The van der Waals surface area contributed by atoms with Crippen molar-refractivity contribution in [2.45, 2.75) is 38.3 Å². The molecule has 4 nitrogen and oxygen atoms in total. The van der Waals surface area contributed by atoms with Crippen LogP contribution in [0.3, 0.4) is 0 Å². The predicted molar refractivity (Wildman–Crippen MR) is 76.1 cm³/mol. The summed E-state index contributed by atoms with van der Waals surface area (Å²) in [6.07, 6.45) is 3.01. The molecule has 2 aromatic rings. The Morgan fingerprint density at radius 2 is 2.26 bits per heavy atom. The Morgan fingerprint density at radius 1 is 1.42 bits per heavy atom. The molecule has 1 aromatic carbocycles. The smallest absolute Gasteiger partial charge is 0.106 e. The van der Waals surface area contributed by atoms with E-state index in [9.17, 15) is 5.11 Å². The van der Waals surface area contributed by atoms with Crippen LogP contribution in [0.1, 0.15) is 36.8 Å². The Kier molecular flexibility index (Phi) is 3.29. The van der Waals surface area contributed by atoms with Gasteiger partial charge in [-0.25, -0.2) is 4.98 Å². The van der Waals surface area contributed by atoms with E-state index in [1.54, 1.807) is 0 Å². The molecule has 2 N–H and O–H groups in total. The van der Waals surface area contributed by atoms with Gasteiger partial charge in [-0.3, -0.25) is 0 Å². The molecule has 2 atom stereocenters. The van der Waals surface area contributed by atoms with E-state index in [1.807, 2.05) is 26.1 Å². The number of nitrogens with zero attached hydrogens (tertiary/aromatic N) is 2. The molecule has 0 aliphatic carbocycles. The number of benzene rings is 1. The van der Waals surface area contributed by atoms with Crippen molar-refractivity contribution in [3.8, 4) is 0 Å². The summed E-state index contributed by atoms with van der Waals surface area (Å²) in [5.74, 6) is 0.998. The number of piperidine rings is 1. The Bertz CT molecular complexity index is 584. The Hall–Kier alpha value is -1.39. The highest BCUT2D eigenvalue weighted by molar-refractivity contribution is 5.76. The zero-order valence-corrected chi connectivity index (χ0v) is 11.6. The van der Waals surface area contributed by atoms with E-state index >= 15 is 0 Å². The molecule has 3 rings (SSSR count). The summed E-state index contributed by atoms with van der Waals surface area (Å²) in [4.78, 5) is 4.53. The number of fused-ring (bicyclic) bond motifs is 1. The van der Waals surface area contributed by atoms with E-state index in [1.165, 1.54) is 12.8 Å². The van der Waals surface area contributed by atoms with Crippen LogP contribution >= 0.6 is 0 Å². The minimum Gasteiger partial charge on any atom is -0.387 e. The lowest BCUT2D eigenvalue weighted by Crippen LogP contribution is -2.38. The second-order valence-corrected chi connectivity index (χ2v) is 5.47. The number of aliphatic hydroxyl groups is 1. The SMILES string of the molecule is Cc1nc2cc(C(O)C3CCCCN3)ccc2n1C. The molecule has 1 fully saturated rings. The first kappa shape index (κ1) is 12.6. The molecule has 1 aliphatic rings. The van der Waals surface area contributed by atoms with Crippen LogP contribution in [0.5, 0.6) is 0 Å². The van der Waals surface area contributed by atoms with Gasteiger partial charge in [0.1, 0.15) is 5.82 Å². The molecule has 2 unspecified atom stereocenters. The van der Waals surface area contributed by atoms with Crippen LogP contribution in [-0.2, 0) is 7.05 Å². The van der Waals surface area contributed by atoms with Crippen molar-refractivity contribution in [2.75, 3.05) is 6.54 Å². The molecule has 4 heteroatoms. The summed E-state index contributed by atoms with van der Waals surface area (Å²) >= 11 is 0. The first-order valence-electron chi connectivity index (χ1n) is 7.01. The third-order valence-corrected chi connectivity index (χ3v) is 4.20. The maximum Gasteiger partial charge on any atom is 0.106 e. The predicted octanol–water partition coefficient (Wildman–Crippen LogP) is 2.06. The van der Waals surface area contributed by atoms with Crippen molar-refractivity contribution >= 4 is 11.0 Å². The molecular formula is C15H21N3O. The second-order valence-electron chi connectivity index (χ2n) is 5.47. The normalized spacial score (nSPS) is 21.7. The summed E-state index contributed by atoms with van der Waals surface area (Å²) in [6, 6.07) is 6.26. The Labute approximate surface area is 113 Å². The van der Waals surface area contributed by atoms with E-state index < -0.39 is 6.10 Å². The van der Waals surface area contributed by atoms with Crippen molar-refractivity contribution < 1.29 is 5.11 Å². The van der Waals surface area contributed by atoms with Crippen LogP contribution in [0.15, 0.2) is 18.2 Å². The third kappa shape index (κ3) is 2.26. The molecule has 0 amide bonds. The van der Waals surface area contributed by atoms with Gasteiger partial charge in [0.25, 0.3) is 0 Å². The fourth-order valence-corrected chi connectivity index (χ4v) is 2.90. The highest BCUT2D eigenvalue weighted by Gasteiger charge is 2.23. The zero-order valence-electron chi connectivity index (χ0n) is 11.6. The van der Waals surface area contributed by atoms with Crippen LogP contribution in [-0.4, -0.2) is 27.2 Å². The van der Waals surface area contributed by atoms with Gasteiger partial charge in [0.05, 0.1) is 17.1 Å². The molecule has 0 bridgehead atoms. The van der Waals surface area contributed by atoms with Gasteiger partial charge in [-0.1, -0.05) is 12.5 Å². The fourth-order valence-electron chi connectivity index (χ4n) is 2.90. The fraction of sp³-hybridized carbons (Fsp3) is 0.533. The molecule has 1 aromatic heterocycles. The van der Waals surface area contributed by atoms with Gasteiger partial charge in [0, 0.05) is 13.1 Å². The highest BCUT2D eigenvalue weighted by atomic mass is 16.3. The summed E-state index contributed by atoms with van der Waals surface area (Å²) in [7, 11) is 2.02. The van der Waals surface area contributed by atoms with E-state index in [4.69, 9.17) is 0 Å². The average molecular weight is 259 g/mol. The largest absolute Gasteiger partial charge is 0.387 e. The molecule has 102 valence electrons. The second kappa shape index (κ2) is 4.94. The van der Waals surface area contributed by atoms with E-state index in [0.717, 1.165) is 35.4 Å². The Balaban J connectivity index is 1.91. The van der Waals surface area contributed by atoms with Crippen LogP contribution < -0.4 is 5.32 Å². The molecule has 2 heterocycles. The monoisotopic (exact) mass is 259 g/mol. The van der Waals surface area contributed by atoms with Gasteiger partial charge >= 0.3 is 0 Å². The number of imidazole rings is 1. The molecule has 1 saturated heterocycles. The van der Waals surface area contributed by atoms with Crippen molar-refractivity contribution in [3.05, 3.63) is 29.6 Å². The topological polar surface area (TPSA) is 50.1 Å². The minimum atomic E-state index is -0.438. The third-order valence-electron chi connectivity index (χ3n) is 4.20. The van der Waals surface area contributed by atoms with Crippen LogP contribution in [0.25, 0.3) is 11.0 Å². The average Bonchev–Trinajstić information content (AvgIpc) is 2.74. The summed E-state index contributed by atoms with van der Waals surface area (Å²) in [5.41, 5.74) is 3.04. The Morgan fingerprint density at radius 3 is 3.00 bits per heavy atom. The summed E-state index contributed by atoms with van der Waals surface area (Å²) < 4.78 is 2.07. The molecular weight excluding hydrogens is 238 g/mol. The van der Waals surface area contributed by atoms with Crippen LogP contribution in [0, 0.1) is 6.92 Å². The minimum absolute atomic E-state index is 0.177. The zero-order chi connectivity index (χ0) is 13.4. The van der Waals surface area contributed by atoms with Crippen LogP contribution in [0.4, 0.5) is 0 Å². The van der Waals surface area contributed by atoms with Gasteiger partial charge in [0.2, 0.25) is 0 Å². The molecule has 0 radical (unpaired) electrons. The van der Waals surface area contributed by atoms with Gasteiger partial charge in [-0.05, 0) is 44.0 Å². The number of aryl methyl sites for hydroxylation is 2. The number of hydrogen-bond acceptors (Lipinski definition) is 3. The van der Waals surface area contributed by atoms with Crippen molar-refractivity contribution in [1.82, 2.24) is 14.9 Å². The van der Waals surface area contributed by atoms with Crippen molar-refractivity contribution in [1.29, 1.82) is 0 Å². The van der Waals surface area contributed by atoms with Gasteiger partial charge in [0.15, 0.2) is 0 Å². The highest BCUT2D eigenvalue weighted by Crippen LogP contribution is 2.25. The first-order valence-corrected chi connectivity index (χ1v) is 7.01. The lowest BCUT2D eigenvalue weighted by atomic mass is 9.95. The summed E-state index contributed by atoms with van der Waals surface area (Å²) in [5, 5.41) is 13.9. The van der Waals surface area contributed by atoms with Crippen LogP contribution in [0.2, 0.25) is 0 Å². The lowest BCUT2D eigenvalue weighted by molar-refractivity contribution is 0.114. The maximum atomic E-state index is 10.5. The van der Waals surface area contributed by atoms with Crippen molar-refractivity contribution in [3.63, 3.8) is 0 Å². The maximum absolute atomic E-state index is 10.5. The van der Waals surface area contributed by atoms with E-state index in [2.05, 4.69) is 20.9 Å². The lowest BCUT2D eigenvalue weighted by Gasteiger charge is -2.28. The summed E-state index contributed by atoms with van der Waals surface area (Å²) in [6.45, 7) is 3.01. The number of rotatable bonds is 2.